The molecule has 2 N–H and O–H groups in total. The molecule has 1 aliphatic carbocycles. The Morgan fingerprint density at radius 1 is 0.933 bits per heavy atom. The third-order valence-electron chi connectivity index (χ3n) is 3.04. The minimum absolute atomic E-state index is 0.791. The highest BCUT2D eigenvalue weighted by Crippen LogP contribution is 2.18. The number of allylic oxidation sites excluding steroid dienone is 4. The smallest absolute Gasteiger partial charge is 0.00773 e. The molecule has 1 aliphatic rings. The van der Waals surface area contributed by atoms with Gasteiger partial charge in [-0.05, 0) is 44.6 Å². The van der Waals surface area contributed by atoms with E-state index >= 15 is 0 Å². The SMILES string of the molecule is NCCCCCCC1/C=C\CC/C=C\C1. The van der Waals surface area contributed by atoms with Crippen molar-refractivity contribution in [2.24, 2.45) is 11.7 Å². The summed E-state index contributed by atoms with van der Waals surface area (Å²) in [6.07, 6.45) is 19.7. The third-order valence-corrected chi connectivity index (χ3v) is 3.04. The van der Waals surface area contributed by atoms with Crippen molar-refractivity contribution in [3.8, 4) is 0 Å². The van der Waals surface area contributed by atoms with E-state index in [1.807, 2.05) is 0 Å². The highest BCUT2D eigenvalue weighted by molar-refractivity contribution is 4.98. The summed E-state index contributed by atoms with van der Waals surface area (Å²) in [6.45, 7) is 0.853. The molecule has 15 heavy (non-hydrogen) atoms. The summed E-state index contributed by atoms with van der Waals surface area (Å²) in [5, 5.41) is 0. The normalized spacial score (nSPS) is 25.5. The van der Waals surface area contributed by atoms with E-state index in [0.717, 1.165) is 12.5 Å². The first kappa shape index (κ1) is 12.5. The fraction of sp³-hybridized carbons (Fsp3) is 0.714. The molecular formula is C14H25N. The fourth-order valence-corrected chi connectivity index (χ4v) is 2.07. The molecule has 0 fully saturated rings. The summed E-state index contributed by atoms with van der Waals surface area (Å²) in [7, 11) is 0. The standard InChI is InChI=1S/C14H25N/c15-13-9-5-4-8-12-14-10-6-2-1-3-7-11-14/h2,6-7,11,14H,1,3-5,8-10,12-13,15H2/b6-2-,11-7-. The van der Waals surface area contributed by atoms with Crippen LogP contribution in [0.1, 0.15) is 51.4 Å². The van der Waals surface area contributed by atoms with Gasteiger partial charge in [-0.2, -0.15) is 0 Å². The number of hydrogen-bond donors (Lipinski definition) is 1. The number of unbranched alkanes of at least 4 members (excludes halogenated alkanes) is 3. The van der Waals surface area contributed by atoms with Crippen LogP contribution in [0.5, 0.6) is 0 Å². The van der Waals surface area contributed by atoms with Crippen LogP contribution in [0.25, 0.3) is 0 Å². The van der Waals surface area contributed by atoms with Gasteiger partial charge in [-0.25, -0.2) is 0 Å². The molecule has 86 valence electrons. The molecule has 1 rings (SSSR count). The molecule has 1 unspecified atom stereocenters. The Hall–Kier alpha value is -0.560. The molecule has 0 spiro atoms. The summed E-state index contributed by atoms with van der Waals surface area (Å²) in [4.78, 5) is 0. The van der Waals surface area contributed by atoms with Crippen molar-refractivity contribution in [2.75, 3.05) is 6.54 Å². The molecule has 0 aromatic rings. The van der Waals surface area contributed by atoms with Gasteiger partial charge in [0.15, 0.2) is 0 Å². The summed E-state index contributed by atoms with van der Waals surface area (Å²) < 4.78 is 0. The molecule has 1 atom stereocenters. The predicted octanol–water partition coefficient (Wildman–Crippen LogP) is 3.81. The van der Waals surface area contributed by atoms with Gasteiger partial charge < -0.3 is 5.73 Å². The maximum atomic E-state index is 5.47. The van der Waals surface area contributed by atoms with Gasteiger partial charge in [0.05, 0.1) is 0 Å². The lowest BCUT2D eigenvalue weighted by Gasteiger charge is -2.11. The molecule has 0 bridgehead atoms. The summed E-state index contributed by atoms with van der Waals surface area (Å²) in [5.41, 5.74) is 5.47. The Bertz CT molecular complexity index is 194. The van der Waals surface area contributed by atoms with Crippen molar-refractivity contribution in [3.05, 3.63) is 24.3 Å². The van der Waals surface area contributed by atoms with E-state index in [1.54, 1.807) is 0 Å². The van der Waals surface area contributed by atoms with Gasteiger partial charge in [0.2, 0.25) is 0 Å². The summed E-state index contributed by atoms with van der Waals surface area (Å²) in [6, 6.07) is 0. The molecule has 0 saturated heterocycles. The Labute approximate surface area is 94.4 Å². The topological polar surface area (TPSA) is 26.0 Å². The van der Waals surface area contributed by atoms with Crippen LogP contribution in [-0.2, 0) is 0 Å². The van der Waals surface area contributed by atoms with Crippen molar-refractivity contribution >= 4 is 0 Å². The Morgan fingerprint density at radius 2 is 1.73 bits per heavy atom. The lowest BCUT2D eigenvalue weighted by atomic mass is 9.95. The van der Waals surface area contributed by atoms with Crippen molar-refractivity contribution in [2.45, 2.75) is 51.4 Å². The molecule has 0 amide bonds. The van der Waals surface area contributed by atoms with Crippen LogP contribution in [0.15, 0.2) is 24.3 Å². The predicted molar refractivity (Wildman–Crippen MR) is 67.8 cm³/mol. The van der Waals surface area contributed by atoms with Crippen molar-refractivity contribution < 1.29 is 0 Å². The lowest BCUT2D eigenvalue weighted by molar-refractivity contribution is 0.528. The van der Waals surface area contributed by atoms with E-state index in [9.17, 15) is 0 Å². The van der Waals surface area contributed by atoms with Crippen molar-refractivity contribution in [3.63, 3.8) is 0 Å². The highest BCUT2D eigenvalue weighted by Gasteiger charge is 2.03. The zero-order chi connectivity index (χ0) is 10.8. The van der Waals surface area contributed by atoms with E-state index in [4.69, 9.17) is 5.73 Å². The minimum atomic E-state index is 0.791. The van der Waals surface area contributed by atoms with E-state index in [1.165, 1.54) is 51.4 Å². The van der Waals surface area contributed by atoms with E-state index in [-0.39, 0.29) is 0 Å². The maximum Gasteiger partial charge on any atom is -0.00773 e. The molecule has 0 saturated carbocycles. The molecule has 0 radical (unpaired) electrons. The van der Waals surface area contributed by atoms with Crippen LogP contribution in [0.4, 0.5) is 0 Å². The van der Waals surface area contributed by atoms with Crippen LogP contribution < -0.4 is 5.73 Å². The molecular weight excluding hydrogens is 182 g/mol. The molecule has 0 aromatic heterocycles. The van der Waals surface area contributed by atoms with Crippen LogP contribution in [0.3, 0.4) is 0 Å². The first-order valence-corrected chi connectivity index (χ1v) is 6.45. The zero-order valence-electron chi connectivity index (χ0n) is 9.83. The first-order chi connectivity index (χ1) is 7.43. The van der Waals surface area contributed by atoms with Gasteiger partial charge in [0.25, 0.3) is 0 Å². The van der Waals surface area contributed by atoms with Crippen LogP contribution in [0, 0.1) is 5.92 Å². The fourth-order valence-electron chi connectivity index (χ4n) is 2.07. The zero-order valence-corrected chi connectivity index (χ0v) is 9.83. The Morgan fingerprint density at radius 3 is 2.60 bits per heavy atom. The molecule has 0 aromatic carbocycles. The second kappa shape index (κ2) is 8.72. The van der Waals surface area contributed by atoms with Gasteiger partial charge in [-0.3, -0.25) is 0 Å². The molecule has 1 heteroatoms. The second-order valence-electron chi connectivity index (χ2n) is 4.46. The monoisotopic (exact) mass is 207 g/mol. The maximum absolute atomic E-state index is 5.47. The second-order valence-corrected chi connectivity index (χ2v) is 4.46. The summed E-state index contributed by atoms with van der Waals surface area (Å²) >= 11 is 0. The average Bonchev–Trinajstić information content (AvgIpc) is 2.20. The van der Waals surface area contributed by atoms with Gasteiger partial charge in [0, 0.05) is 0 Å². The molecule has 0 aliphatic heterocycles. The van der Waals surface area contributed by atoms with E-state index in [0.29, 0.717) is 0 Å². The average molecular weight is 207 g/mol. The van der Waals surface area contributed by atoms with Crippen LogP contribution in [-0.4, -0.2) is 6.54 Å². The quantitative estimate of drug-likeness (QED) is 0.520. The van der Waals surface area contributed by atoms with Crippen LogP contribution in [0.2, 0.25) is 0 Å². The highest BCUT2D eigenvalue weighted by atomic mass is 14.5. The number of rotatable bonds is 6. The minimum Gasteiger partial charge on any atom is -0.330 e. The third kappa shape index (κ3) is 6.51. The Balaban J connectivity index is 2.08. The first-order valence-electron chi connectivity index (χ1n) is 6.45. The van der Waals surface area contributed by atoms with Gasteiger partial charge in [-0.15, -0.1) is 0 Å². The number of nitrogens with two attached hydrogens (primary N) is 1. The van der Waals surface area contributed by atoms with E-state index in [2.05, 4.69) is 24.3 Å². The van der Waals surface area contributed by atoms with Gasteiger partial charge in [0.1, 0.15) is 0 Å². The lowest BCUT2D eigenvalue weighted by Crippen LogP contribution is -1.99. The largest absolute Gasteiger partial charge is 0.330 e. The van der Waals surface area contributed by atoms with Gasteiger partial charge in [-0.1, -0.05) is 43.6 Å². The van der Waals surface area contributed by atoms with E-state index < -0.39 is 0 Å². The van der Waals surface area contributed by atoms with Gasteiger partial charge >= 0.3 is 0 Å². The number of hydrogen-bond acceptors (Lipinski definition) is 1. The molecule has 1 nitrogen and oxygen atoms in total. The van der Waals surface area contributed by atoms with Crippen molar-refractivity contribution in [1.82, 2.24) is 0 Å². The Kier molecular flexibility index (Phi) is 7.28. The molecule has 0 heterocycles. The summed E-state index contributed by atoms with van der Waals surface area (Å²) in [5.74, 6) is 0.791. The van der Waals surface area contributed by atoms with Crippen molar-refractivity contribution in [1.29, 1.82) is 0 Å². The van der Waals surface area contributed by atoms with Crippen LogP contribution >= 0.6 is 0 Å².